The van der Waals surface area contributed by atoms with Gasteiger partial charge in [0.2, 0.25) is 0 Å². The van der Waals surface area contributed by atoms with Crippen LogP contribution in [-0.4, -0.2) is 9.55 Å². The van der Waals surface area contributed by atoms with Crippen LogP contribution in [0.1, 0.15) is 24.1 Å². The fourth-order valence-electron chi connectivity index (χ4n) is 3.30. The average molecular weight is 274 g/mol. The monoisotopic (exact) mass is 274 g/mol. The zero-order chi connectivity index (χ0) is 14.1. The molecule has 0 N–H and O–H groups in total. The fraction of sp³-hybridized carbons (Fsp3) is 0.211. The number of hydrogen-bond donors (Lipinski definition) is 0. The van der Waals surface area contributed by atoms with Crippen molar-refractivity contribution in [3.8, 4) is 16.9 Å². The van der Waals surface area contributed by atoms with Crippen LogP contribution in [0, 0.1) is 0 Å². The third-order valence-corrected chi connectivity index (χ3v) is 4.28. The molecule has 0 fully saturated rings. The molecule has 3 aromatic rings. The summed E-state index contributed by atoms with van der Waals surface area (Å²) in [5.41, 5.74) is 6.70. The van der Waals surface area contributed by atoms with Crippen LogP contribution in [0.15, 0.2) is 60.9 Å². The number of nitrogens with zero attached hydrogens (tertiary/aromatic N) is 2. The Labute approximate surface area is 125 Å². The maximum Gasteiger partial charge on any atom is 0.0642 e. The van der Waals surface area contributed by atoms with E-state index in [1.54, 1.807) is 0 Å². The fourth-order valence-corrected chi connectivity index (χ4v) is 3.30. The van der Waals surface area contributed by atoms with Crippen molar-refractivity contribution < 1.29 is 0 Å². The molecule has 2 nitrogen and oxygen atoms in total. The zero-order valence-corrected chi connectivity index (χ0v) is 12.0. The summed E-state index contributed by atoms with van der Waals surface area (Å²) >= 11 is 0. The molecule has 0 saturated carbocycles. The number of aromatic nitrogens is 2. The van der Waals surface area contributed by atoms with Crippen LogP contribution in [0.25, 0.3) is 16.9 Å². The molecule has 21 heavy (non-hydrogen) atoms. The lowest BCUT2D eigenvalue weighted by atomic mass is 9.98. The smallest absolute Gasteiger partial charge is 0.0642 e. The molecule has 0 spiro atoms. The number of fused-ring (bicyclic) bond motifs is 1. The molecule has 2 heterocycles. The van der Waals surface area contributed by atoms with Crippen molar-refractivity contribution >= 4 is 0 Å². The number of benzene rings is 1. The van der Waals surface area contributed by atoms with Crippen molar-refractivity contribution in [2.24, 2.45) is 0 Å². The molecule has 1 aromatic carbocycles. The zero-order valence-electron chi connectivity index (χ0n) is 12.0. The van der Waals surface area contributed by atoms with E-state index in [1.807, 2.05) is 18.5 Å². The van der Waals surface area contributed by atoms with Gasteiger partial charge in [-0.25, -0.2) is 0 Å². The van der Waals surface area contributed by atoms with Gasteiger partial charge in [0, 0.05) is 11.9 Å². The van der Waals surface area contributed by atoms with E-state index in [9.17, 15) is 0 Å². The van der Waals surface area contributed by atoms with Crippen molar-refractivity contribution in [3.63, 3.8) is 0 Å². The maximum atomic E-state index is 4.30. The summed E-state index contributed by atoms with van der Waals surface area (Å²) in [7, 11) is 0. The third kappa shape index (κ3) is 2.17. The van der Waals surface area contributed by atoms with Gasteiger partial charge in [0.1, 0.15) is 0 Å². The van der Waals surface area contributed by atoms with Gasteiger partial charge in [-0.05, 0) is 55.0 Å². The van der Waals surface area contributed by atoms with Crippen LogP contribution < -0.4 is 0 Å². The van der Waals surface area contributed by atoms with Crippen molar-refractivity contribution in [3.05, 3.63) is 72.2 Å². The highest BCUT2D eigenvalue weighted by molar-refractivity contribution is 5.66. The molecule has 0 radical (unpaired) electrons. The van der Waals surface area contributed by atoms with Gasteiger partial charge in [0.15, 0.2) is 0 Å². The Bertz CT molecular complexity index is 742. The summed E-state index contributed by atoms with van der Waals surface area (Å²) in [5, 5.41) is 0. The average Bonchev–Trinajstić information content (AvgIpc) is 2.96. The largest absolute Gasteiger partial charge is 0.312 e. The van der Waals surface area contributed by atoms with Gasteiger partial charge in [-0.3, -0.25) is 4.98 Å². The van der Waals surface area contributed by atoms with E-state index in [-0.39, 0.29) is 0 Å². The Hall–Kier alpha value is -2.35. The minimum atomic E-state index is 1.16. The Morgan fingerprint density at radius 3 is 2.57 bits per heavy atom. The molecule has 1 aliphatic carbocycles. The number of hydrogen-bond acceptors (Lipinski definition) is 1. The molecule has 4 rings (SSSR count). The van der Waals surface area contributed by atoms with E-state index in [4.69, 9.17) is 0 Å². The lowest BCUT2D eigenvalue weighted by Crippen LogP contribution is -2.07. The second kappa shape index (κ2) is 5.21. The van der Waals surface area contributed by atoms with Gasteiger partial charge >= 0.3 is 0 Å². The molecule has 1 aliphatic rings. The standard InChI is InChI=1S/C19H18N2/c1-2-7-15(8-3-1)19-13-16-9-4-5-11-18(16)21(19)17-10-6-12-20-14-17/h1-3,6-8,10,12-14H,4-5,9,11H2. The second-order valence-corrected chi connectivity index (χ2v) is 5.62. The van der Waals surface area contributed by atoms with Crippen LogP contribution in [0.2, 0.25) is 0 Å². The molecule has 0 bridgehead atoms. The summed E-state index contributed by atoms with van der Waals surface area (Å²) in [5.74, 6) is 0. The normalized spacial score (nSPS) is 13.9. The van der Waals surface area contributed by atoms with Gasteiger partial charge < -0.3 is 4.57 Å². The lowest BCUT2D eigenvalue weighted by Gasteiger charge is -2.17. The predicted octanol–water partition coefficient (Wildman–Crippen LogP) is 4.42. The molecule has 104 valence electrons. The summed E-state index contributed by atoms with van der Waals surface area (Å²) in [6, 6.07) is 17.2. The minimum Gasteiger partial charge on any atom is -0.312 e. The van der Waals surface area contributed by atoms with E-state index >= 15 is 0 Å². The molecular formula is C19H18N2. The maximum absolute atomic E-state index is 4.30. The highest BCUT2D eigenvalue weighted by Gasteiger charge is 2.19. The number of aryl methyl sites for hydroxylation is 1. The second-order valence-electron chi connectivity index (χ2n) is 5.62. The van der Waals surface area contributed by atoms with E-state index < -0.39 is 0 Å². The van der Waals surface area contributed by atoms with Crippen molar-refractivity contribution in [1.82, 2.24) is 9.55 Å². The van der Waals surface area contributed by atoms with Crippen LogP contribution in [0.4, 0.5) is 0 Å². The molecule has 0 aliphatic heterocycles. The minimum absolute atomic E-state index is 1.16. The van der Waals surface area contributed by atoms with Crippen LogP contribution >= 0.6 is 0 Å². The molecule has 2 aromatic heterocycles. The number of pyridine rings is 1. The van der Waals surface area contributed by atoms with E-state index in [1.165, 1.54) is 47.5 Å². The SMILES string of the molecule is c1ccc(-c2cc3c(n2-c2cccnc2)CCCC3)cc1. The van der Waals surface area contributed by atoms with Crippen molar-refractivity contribution in [1.29, 1.82) is 0 Å². The Morgan fingerprint density at radius 1 is 0.905 bits per heavy atom. The molecule has 0 saturated heterocycles. The van der Waals surface area contributed by atoms with Gasteiger partial charge in [-0.1, -0.05) is 30.3 Å². The molecule has 2 heteroatoms. The molecule has 0 atom stereocenters. The highest BCUT2D eigenvalue weighted by Crippen LogP contribution is 2.33. The molecular weight excluding hydrogens is 256 g/mol. The Morgan fingerprint density at radius 2 is 1.76 bits per heavy atom. The Balaban J connectivity index is 1.96. The van der Waals surface area contributed by atoms with Gasteiger partial charge in [-0.2, -0.15) is 0 Å². The van der Waals surface area contributed by atoms with Gasteiger partial charge in [0.25, 0.3) is 0 Å². The third-order valence-electron chi connectivity index (χ3n) is 4.28. The summed E-state index contributed by atoms with van der Waals surface area (Å²) in [6.07, 6.45) is 8.74. The van der Waals surface area contributed by atoms with Crippen molar-refractivity contribution in [2.75, 3.05) is 0 Å². The summed E-state index contributed by atoms with van der Waals surface area (Å²) in [6.45, 7) is 0. The molecule has 0 amide bonds. The Kier molecular flexibility index (Phi) is 3.07. The van der Waals surface area contributed by atoms with E-state index in [0.29, 0.717) is 0 Å². The first-order valence-electron chi connectivity index (χ1n) is 7.63. The van der Waals surface area contributed by atoms with Crippen molar-refractivity contribution in [2.45, 2.75) is 25.7 Å². The topological polar surface area (TPSA) is 17.8 Å². The van der Waals surface area contributed by atoms with Crippen LogP contribution in [0.5, 0.6) is 0 Å². The van der Waals surface area contributed by atoms with E-state index in [2.05, 4.69) is 52.0 Å². The predicted molar refractivity (Wildman–Crippen MR) is 85.6 cm³/mol. The van der Waals surface area contributed by atoms with E-state index in [0.717, 1.165) is 6.42 Å². The quantitative estimate of drug-likeness (QED) is 0.676. The van der Waals surface area contributed by atoms with Crippen LogP contribution in [-0.2, 0) is 12.8 Å². The molecule has 0 unspecified atom stereocenters. The van der Waals surface area contributed by atoms with Crippen LogP contribution in [0.3, 0.4) is 0 Å². The highest BCUT2D eigenvalue weighted by atomic mass is 15.0. The first kappa shape index (κ1) is 12.4. The van der Waals surface area contributed by atoms with Gasteiger partial charge in [0.05, 0.1) is 17.6 Å². The first-order valence-corrected chi connectivity index (χ1v) is 7.63. The van der Waals surface area contributed by atoms with Gasteiger partial charge in [-0.15, -0.1) is 0 Å². The summed E-state index contributed by atoms with van der Waals surface area (Å²) in [4.78, 5) is 4.30. The lowest BCUT2D eigenvalue weighted by molar-refractivity contribution is 0.663. The summed E-state index contributed by atoms with van der Waals surface area (Å²) < 4.78 is 2.40. The number of rotatable bonds is 2. The first-order chi connectivity index (χ1) is 10.4.